The summed E-state index contributed by atoms with van der Waals surface area (Å²) in [6.45, 7) is 2.53. The van der Waals surface area contributed by atoms with Gasteiger partial charge >= 0.3 is 0 Å². The van der Waals surface area contributed by atoms with Gasteiger partial charge in [-0.15, -0.1) is 0 Å². The predicted octanol–water partition coefficient (Wildman–Crippen LogP) is 1.63. The lowest BCUT2D eigenvalue weighted by Crippen LogP contribution is -2.46. The van der Waals surface area contributed by atoms with E-state index in [0.29, 0.717) is 36.0 Å². The molecule has 2 aliphatic rings. The molecule has 0 aromatic heterocycles. The van der Waals surface area contributed by atoms with E-state index in [9.17, 15) is 18.0 Å². The fourth-order valence-electron chi connectivity index (χ4n) is 3.01. The van der Waals surface area contributed by atoms with Gasteiger partial charge in [-0.1, -0.05) is 0 Å². The van der Waals surface area contributed by atoms with E-state index in [4.69, 9.17) is 0 Å². The van der Waals surface area contributed by atoms with Crippen LogP contribution in [0.15, 0.2) is 27.6 Å². The molecule has 2 N–H and O–H groups in total. The third-order valence-corrected chi connectivity index (χ3v) is 6.78. The Labute approximate surface area is 161 Å². The van der Waals surface area contributed by atoms with Gasteiger partial charge in [0.15, 0.2) is 0 Å². The molecule has 1 aromatic carbocycles. The monoisotopic (exact) mass is 443 g/mol. The van der Waals surface area contributed by atoms with Crippen molar-refractivity contribution in [2.24, 2.45) is 0 Å². The molecule has 7 nitrogen and oxygen atoms in total. The van der Waals surface area contributed by atoms with E-state index >= 15 is 0 Å². The summed E-state index contributed by atoms with van der Waals surface area (Å²) in [4.78, 5) is 25.8. The van der Waals surface area contributed by atoms with Gasteiger partial charge in [-0.25, -0.2) is 13.1 Å². The van der Waals surface area contributed by atoms with Gasteiger partial charge in [0.1, 0.15) is 0 Å². The number of halogens is 1. The second kappa shape index (κ2) is 7.66. The number of nitrogens with one attached hydrogen (secondary N) is 2. The number of nitrogens with zero attached hydrogens (tertiary/aromatic N) is 1. The minimum Gasteiger partial charge on any atom is -0.353 e. The van der Waals surface area contributed by atoms with Gasteiger partial charge in [-0.05, 0) is 59.8 Å². The van der Waals surface area contributed by atoms with Crippen molar-refractivity contribution in [1.82, 2.24) is 14.9 Å². The van der Waals surface area contributed by atoms with Crippen molar-refractivity contribution >= 4 is 37.8 Å². The lowest BCUT2D eigenvalue weighted by atomic mass is 10.0. The summed E-state index contributed by atoms with van der Waals surface area (Å²) in [7, 11) is -3.61. The van der Waals surface area contributed by atoms with Crippen LogP contribution in [0.5, 0.6) is 0 Å². The van der Waals surface area contributed by atoms with Crippen molar-refractivity contribution in [1.29, 1.82) is 0 Å². The third kappa shape index (κ3) is 4.63. The maximum atomic E-state index is 12.9. The van der Waals surface area contributed by atoms with E-state index in [1.54, 1.807) is 11.0 Å². The number of hydrogen-bond donors (Lipinski definition) is 2. The van der Waals surface area contributed by atoms with Crippen LogP contribution in [0.3, 0.4) is 0 Å². The van der Waals surface area contributed by atoms with Crippen molar-refractivity contribution in [2.45, 2.75) is 49.6 Å². The van der Waals surface area contributed by atoms with Crippen molar-refractivity contribution in [2.75, 3.05) is 13.1 Å². The van der Waals surface area contributed by atoms with Crippen LogP contribution in [-0.4, -0.2) is 50.3 Å². The van der Waals surface area contributed by atoms with E-state index in [2.05, 4.69) is 26.0 Å². The summed E-state index contributed by atoms with van der Waals surface area (Å²) in [5.74, 6) is -0.278. The van der Waals surface area contributed by atoms with Crippen LogP contribution in [0.2, 0.25) is 0 Å². The predicted molar refractivity (Wildman–Crippen MR) is 100 cm³/mol. The zero-order chi connectivity index (χ0) is 18.9. The second-order valence-electron chi connectivity index (χ2n) is 6.80. The van der Waals surface area contributed by atoms with Crippen LogP contribution in [0.25, 0.3) is 0 Å². The molecule has 142 valence electrons. The Morgan fingerprint density at radius 1 is 1.12 bits per heavy atom. The molecule has 1 aliphatic heterocycles. The Morgan fingerprint density at radius 2 is 1.77 bits per heavy atom. The van der Waals surface area contributed by atoms with Crippen LogP contribution >= 0.6 is 15.9 Å². The Bertz CT molecular complexity index is 815. The molecule has 1 saturated carbocycles. The van der Waals surface area contributed by atoms with Gasteiger partial charge in [-0.2, -0.15) is 0 Å². The lowest BCUT2D eigenvalue weighted by Gasteiger charge is -2.32. The third-order valence-electron chi connectivity index (χ3n) is 4.57. The number of amides is 2. The van der Waals surface area contributed by atoms with Crippen molar-refractivity contribution in [3.63, 3.8) is 0 Å². The first-order valence-electron chi connectivity index (χ1n) is 8.64. The number of likely N-dealkylation sites (tertiary alicyclic amines) is 1. The number of carbonyl (C=O) groups excluding carboxylic acids is 2. The average molecular weight is 444 g/mol. The van der Waals surface area contributed by atoms with Crippen LogP contribution in [0.4, 0.5) is 0 Å². The highest BCUT2D eigenvalue weighted by Gasteiger charge is 2.30. The molecule has 0 atom stereocenters. The molecule has 1 heterocycles. The van der Waals surface area contributed by atoms with E-state index in [-0.39, 0.29) is 28.8 Å². The molecule has 3 rings (SSSR count). The quantitative estimate of drug-likeness (QED) is 0.722. The van der Waals surface area contributed by atoms with Crippen LogP contribution in [0.1, 0.15) is 43.0 Å². The van der Waals surface area contributed by atoms with Gasteiger partial charge in [0, 0.05) is 36.6 Å². The van der Waals surface area contributed by atoms with E-state index in [1.165, 1.54) is 19.1 Å². The van der Waals surface area contributed by atoms with Gasteiger partial charge in [-0.3, -0.25) is 9.59 Å². The van der Waals surface area contributed by atoms with Gasteiger partial charge < -0.3 is 10.2 Å². The number of carbonyl (C=O) groups is 2. The zero-order valence-corrected chi connectivity index (χ0v) is 16.9. The zero-order valence-electron chi connectivity index (χ0n) is 14.5. The Balaban J connectivity index is 1.73. The van der Waals surface area contributed by atoms with E-state index in [1.807, 2.05) is 0 Å². The summed E-state index contributed by atoms with van der Waals surface area (Å²) in [6, 6.07) is 4.61. The standard InChI is InChI=1S/C17H22BrN3O4S/c1-11(22)19-12-6-8-21(9-7-12)17(23)15-10-14(4-5-16(15)18)26(24,25)20-13-2-3-13/h4-5,10,12-13,20H,2-3,6-9H2,1H3,(H,19,22). The van der Waals surface area contributed by atoms with Gasteiger partial charge in [0.25, 0.3) is 5.91 Å². The van der Waals surface area contributed by atoms with Gasteiger partial charge in [0.05, 0.1) is 10.5 Å². The number of piperidine rings is 1. The molecule has 1 saturated heterocycles. The Kier molecular flexibility index (Phi) is 5.69. The van der Waals surface area contributed by atoms with E-state index < -0.39 is 10.0 Å². The minimum absolute atomic E-state index is 0.00982. The normalized spacial score (nSPS) is 18.6. The molecule has 0 unspecified atom stereocenters. The number of rotatable bonds is 5. The molecule has 9 heteroatoms. The van der Waals surface area contributed by atoms with Crippen molar-refractivity contribution < 1.29 is 18.0 Å². The maximum Gasteiger partial charge on any atom is 0.255 e. The molecule has 1 aromatic rings. The van der Waals surface area contributed by atoms with Gasteiger partial charge in [0.2, 0.25) is 15.9 Å². The minimum atomic E-state index is -3.61. The highest BCUT2D eigenvalue weighted by atomic mass is 79.9. The highest BCUT2D eigenvalue weighted by Crippen LogP contribution is 2.26. The van der Waals surface area contributed by atoms with Crippen LogP contribution < -0.4 is 10.0 Å². The van der Waals surface area contributed by atoms with Crippen LogP contribution in [-0.2, 0) is 14.8 Å². The number of hydrogen-bond acceptors (Lipinski definition) is 4. The molecular formula is C17H22BrN3O4S. The lowest BCUT2D eigenvalue weighted by molar-refractivity contribution is -0.119. The molecule has 0 bridgehead atoms. The summed E-state index contributed by atoms with van der Waals surface area (Å²) in [5, 5.41) is 2.87. The topological polar surface area (TPSA) is 95.6 Å². The first-order valence-corrected chi connectivity index (χ1v) is 10.9. The fourth-order valence-corrected chi connectivity index (χ4v) is 4.76. The fraction of sp³-hybridized carbons (Fsp3) is 0.529. The van der Waals surface area contributed by atoms with Crippen molar-refractivity contribution in [3.05, 3.63) is 28.2 Å². The maximum absolute atomic E-state index is 12.9. The number of sulfonamides is 1. The summed E-state index contributed by atoms with van der Waals surface area (Å²) >= 11 is 3.35. The second-order valence-corrected chi connectivity index (χ2v) is 9.37. The molecule has 0 spiro atoms. The Hall–Kier alpha value is -1.45. The first-order chi connectivity index (χ1) is 12.3. The Morgan fingerprint density at radius 3 is 2.35 bits per heavy atom. The molecule has 0 radical (unpaired) electrons. The van der Waals surface area contributed by atoms with Crippen LogP contribution in [0, 0.1) is 0 Å². The molecule has 1 aliphatic carbocycles. The largest absolute Gasteiger partial charge is 0.353 e. The van der Waals surface area contributed by atoms with E-state index in [0.717, 1.165) is 12.8 Å². The smallest absolute Gasteiger partial charge is 0.255 e. The SMILES string of the molecule is CC(=O)NC1CCN(C(=O)c2cc(S(=O)(=O)NC3CC3)ccc2Br)CC1. The average Bonchev–Trinajstić information content (AvgIpc) is 3.38. The summed E-state index contributed by atoms with van der Waals surface area (Å²) < 4.78 is 28.0. The molecule has 2 amide bonds. The molecular weight excluding hydrogens is 422 g/mol. The summed E-state index contributed by atoms with van der Waals surface area (Å²) in [5.41, 5.74) is 0.335. The number of benzene rings is 1. The molecule has 2 fully saturated rings. The summed E-state index contributed by atoms with van der Waals surface area (Å²) in [6.07, 6.45) is 3.07. The van der Waals surface area contributed by atoms with Crippen molar-refractivity contribution in [3.8, 4) is 0 Å². The highest BCUT2D eigenvalue weighted by molar-refractivity contribution is 9.10. The molecule has 26 heavy (non-hydrogen) atoms. The first kappa shape index (κ1) is 19.3.